The van der Waals surface area contributed by atoms with Crippen molar-refractivity contribution in [3.05, 3.63) is 42.5 Å². The first-order chi connectivity index (χ1) is 11.2. The fraction of sp³-hybridized carbons (Fsp3) is 0.286. The molecule has 1 rings (SSSR count). The summed E-state index contributed by atoms with van der Waals surface area (Å²) >= 11 is 0. The maximum atomic E-state index is 12.3. The maximum Gasteiger partial charge on any atom is 0.326 e. The predicted molar refractivity (Wildman–Crippen MR) is 81.3 cm³/mol. The number of aliphatic carboxylic acids is 1. The summed E-state index contributed by atoms with van der Waals surface area (Å²) in [7, 11) is -3.88. The van der Waals surface area contributed by atoms with E-state index in [4.69, 9.17) is 5.11 Å². The van der Waals surface area contributed by atoms with E-state index in [1.807, 2.05) is 5.32 Å². The number of amides is 1. The summed E-state index contributed by atoms with van der Waals surface area (Å²) in [6.07, 6.45) is -2.64. The molecule has 132 valence electrons. The molecule has 7 nitrogen and oxygen atoms in total. The summed E-state index contributed by atoms with van der Waals surface area (Å²) < 4.78 is 50.8. The number of carboxylic acid groups (broad SMARTS) is 1. The average molecular weight is 362 g/mol. The van der Waals surface area contributed by atoms with Gasteiger partial charge in [0.2, 0.25) is 16.4 Å². The van der Waals surface area contributed by atoms with Crippen molar-refractivity contribution >= 4 is 21.9 Å². The first kappa shape index (κ1) is 19.7. The van der Waals surface area contributed by atoms with Gasteiger partial charge in [0.25, 0.3) is 5.91 Å². The smallest absolute Gasteiger partial charge is 0.326 e. The van der Waals surface area contributed by atoms with Crippen molar-refractivity contribution in [2.45, 2.75) is 23.8 Å². The molecule has 0 fully saturated rings. The SMILES string of the molecule is C=CCNS(=O)(=O)c1cccc(C(=O)NC(CC(F)F)C(=O)O)c1. The molecule has 0 aliphatic carbocycles. The summed E-state index contributed by atoms with van der Waals surface area (Å²) in [6.45, 7) is 3.35. The third-order valence-corrected chi connectivity index (χ3v) is 4.26. The van der Waals surface area contributed by atoms with Crippen LogP contribution in [0.5, 0.6) is 0 Å². The van der Waals surface area contributed by atoms with Crippen LogP contribution in [0.4, 0.5) is 8.78 Å². The Balaban J connectivity index is 2.98. The molecule has 1 amide bonds. The summed E-state index contributed by atoms with van der Waals surface area (Å²) in [5.41, 5.74) is -0.169. The van der Waals surface area contributed by atoms with Gasteiger partial charge in [-0.1, -0.05) is 12.1 Å². The van der Waals surface area contributed by atoms with Crippen LogP contribution in [0, 0.1) is 0 Å². The van der Waals surface area contributed by atoms with Gasteiger partial charge in [0, 0.05) is 18.5 Å². The third kappa shape index (κ3) is 5.70. The van der Waals surface area contributed by atoms with Crippen LogP contribution in [0.25, 0.3) is 0 Å². The highest BCUT2D eigenvalue weighted by Crippen LogP contribution is 2.12. The normalized spacial score (nSPS) is 12.6. The highest BCUT2D eigenvalue weighted by Gasteiger charge is 2.25. The Morgan fingerprint density at radius 3 is 2.54 bits per heavy atom. The number of halogens is 2. The number of carbonyl (C=O) groups is 2. The largest absolute Gasteiger partial charge is 0.480 e. The number of hydrogen-bond acceptors (Lipinski definition) is 4. The highest BCUT2D eigenvalue weighted by molar-refractivity contribution is 7.89. The Kier molecular flexibility index (Phi) is 6.98. The van der Waals surface area contributed by atoms with Crippen molar-refractivity contribution in [2.24, 2.45) is 0 Å². The lowest BCUT2D eigenvalue weighted by Gasteiger charge is -2.14. The number of hydrogen-bond donors (Lipinski definition) is 3. The van der Waals surface area contributed by atoms with E-state index in [1.54, 1.807) is 0 Å². The number of benzene rings is 1. The van der Waals surface area contributed by atoms with Crippen molar-refractivity contribution in [3.8, 4) is 0 Å². The zero-order chi connectivity index (χ0) is 18.3. The minimum atomic E-state index is -3.88. The van der Waals surface area contributed by atoms with Crippen molar-refractivity contribution in [2.75, 3.05) is 6.54 Å². The van der Waals surface area contributed by atoms with Crippen LogP contribution in [-0.4, -0.2) is 44.4 Å². The van der Waals surface area contributed by atoms with E-state index < -0.39 is 40.8 Å². The molecule has 0 heterocycles. The molecule has 0 radical (unpaired) electrons. The van der Waals surface area contributed by atoms with E-state index in [2.05, 4.69) is 11.3 Å². The monoisotopic (exact) mass is 362 g/mol. The van der Waals surface area contributed by atoms with Gasteiger partial charge in [0.1, 0.15) is 6.04 Å². The number of carboxylic acids is 1. The molecule has 1 aromatic rings. The average Bonchev–Trinajstić information content (AvgIpc) is 2.52. The molecule has 0 aliphatic heterocycles. The molecule has 1 unspecified atom stereocenters. The lowest BCUT2D eigenvalue weighted by molar-refractivity contribution is -0.140. The van der Waals surface area contributed by atoms with Crippen molar-refractivity contribution in [1.29, 1.82) is 0 Å². The molecule has 0 bridgehead atoms. The van der Waals surface area contributed by atoms with Gasteiger partial charge in [0.05, 0.1) is 4.90 Å². The molecular formula is C14H16F2N2O5S. The van der Waals surface area contributed by atoms with E-state index in [0.717, 1.165) is 6.07 Å². The Labute approximate surface area is 137 Å². The number of sulfonamides is 1. The van der Waals surface area contributed by atoms with Gasteiger partial charge in [-0.05, 0) is 18.2 Å². The lowest BCUT2D eigenvalue weighted by Crippen LogP contribution is -2.42. The van der Waals surface area contributed by atoms with Gasteiger partial charge in [-0.2, -0.15) is 0 Å². The number of nitrogens with one attached hydrogen (secondary N) is 2. The lowest BCUT2D eigenvalue weighted by atomic mass is 10.1. The molecule has 1 aromatic carbocycles. The highest BCUT2D eigenvalue weighted by atomic mass is 32.2. The molecule has 24 heavy (non-hydrogen) atoms. The van der Waals surface area contributed by atoms with Crippen LogP contribution < -0.4 is 10.0 Å². The molecular weight excluding hydrogens is 346 g/mol. The van der Waals surface area contributed by atoms with Gasteiger partial charge in [-0.25, -0.2) is 26.7 Å². The second-order valence-corrected chi connectivity index (χ2v) is 6.43. The zero-order valence-corrected chi connectivity index (χ0v) is 13.2. The van der Waals surface area contributed by atoms with Crippen molar-refractivity contribution in [3.63, 3.8) is 0 Å². The molecule has 0 aliphatic rings. The van der Waals surface area contributed by atoms with Crippen LogP contribution in [0.3, 0.4) is 0 Å². The second kappa shape index (κ2) is 8.50. The fourth-order valence-electron chi connectivity index (χ4n) is 1.70. The van der Waals surface area contributed by atoms with Gasteiger partial charge < -0.3 is 10.4 Å². The minimum absolute atomic E-state index is 0.0196. The van der Waals surface area contributed by atoms with Crippen LogP contribution in [0.1, 0.15) is 16.8 Å². The molecule has 0 spiro atoms. The molecule has 0 saturated heterocycles. The Bertz CT molecular complexity index is 722. The van der Waals surface area contributed by atoms with Crippen LogP contribution in [0.2, 0.25) is 0 Å². The topological polar surface area (TPSA) is 113 Å². The Hall–Kier alpha value is -2.33. The van der Waals surface area contributed by atoms with Gasteiger partial charge >= 0.3 is 5.97 Å². The fourth-order valence-corrected chi connectivity index (χ4v) is 2.74. The second-order valence-electron chi connectivity index (χ2n) is 4.66. The van der Waals surface area contributed by atoms with Crippen molar-refractivity contribution < 1.29 is 31.9 Å². The molecule has 0 saturated carbocycles. The number of rotatable bonds is 9. The van der Waals surface area contributed by atoms with E-state index in [1.165, 1.54) is 24.3 Å². The van der Waals surface area contributed by atoms with E-state index in [9.17, 15) is 26.8 Å². The minimum Gasteiger partial charge on any atom is -0.480 e. The summed E-state index contributed by atoms with van der Waals surface area (Å²) in [5, 5.41) is 10.8. The first-order valence-electron chi connectivity index (χ1n) is 6.70. The van der Waals surface area contributed by atoms with E-state index in [0.29, 0.717) is 0 Å². The number of carbonyl (C=O) groups excluding carboxylic acids is 1. The maximum absolute atomic E-state index is 12.3. The van der Waals surface area contributed by atoms with Gasteiger partial charge in [-0.15, -0.1) is 6.58 Å². The summed E-state index contributed by atoms with van der Waals surface area (Å²) in [5.74, 6) is -2.58. The standard InChI is InChI=1S/C14H16F2N2O5S/c1-2-6-17-24(22,23)10-5-3-4-9(7-10)13(19)18-11(14(20)21)8-12(15)16/h2-5,7,11-12,17H,1,6,8H2,(H,18,19)(H,20,21). The van der Waals surface area contributed by atoms with E-state index >= 15 is 0 Å². The van der Waals surface area contributed by atoms with Crippen molar-refractivity contribution in [1.82, 2.24) is 10.0 Å². The Morgan fingerprint density at radius 1 is 1.33 bits per heavy atom. The van der Waals surface area contributed by atoms with Crippen LogP contribution >= 0.6 is 0 Å². The molecule has 3 N–H and O–H groups in total. The number of alkyl halides is 2. The quantitative estimate of drug-likeness (QED) is 0.567. The van der Waals surface area contributed by atoms with Gasteiger partial charge in [0.15, 0.2) is 0 Å². The molecule has 1 atom stereocenters. The molecule has 0 aromatic heterocycles. The Morgan fingerprint density at radius 2 is 2.00 bits per heavy atom. The van der Waals surface area contributed by atoms with Crippen LogP contribution in [-0.2, 0) is 14.8 Å². The predicted octanol–water partition coefficient (Wildman–Crippen LogP) is 0.989. The van der Waals surface area contributed by atoms with Crippen LogP contribution in [0.15, 0.2) is 41.8 Å². The zero-order valence-electron chi connectivity index (χ0n) is 12.4. The van der Waals surface area contributed by atoms with E-state index in [-0.39, 0.29) is 17.0 Å². The first-order valence-corrected chi connectivity index (χ1v) is 8.18. The third-order valence-electron chi connectivity index (χ3n) is 2.84. The van der Waals surface area contributed by atoms with Gasteiger partial charge in [-0.3, -0.25) is 4.79 Å². The molecule has 10 heteroatoms. The summed E-state index contributed by atoms with van der Waals surface area (Å²) in [6, 6.07) is 2.98. The summed E-state index contributed by atoms with van der Waals surface area (Å²) in [4.78, 5) is 22.6.